The lowest BCUT2D eigenvalue weighted by Gasteiger charge is -2.07. The van der Waals surface area contributed by atoms with Gasteiger partial charge in [0.15, 0.2) is 29.1 Å². The van der Waals surface area contributed by atoms with Crippen LogP contribution in [-0.4, -0.2) is 18.2 Å². The van der Waals surface area contributed by atoms with Gasteiger partial charge < -0.3 is 0 Å². The molecule has 1 aromatic heterocycles. The van der Waals surface area contributed by atoms with E-state index in [9.17, 15) is 26.0 Å². The van der Waals surface area contributed by atoms with Gasteiger partial charge in [-0.25, -0.2) is 26.0 Å². The van der Waals surface area contributed by atoms with Crippen molar-refractivity contribution >= 4 is 15.8 Å². The van der Waals surface area contributed by atoms with Gasteiger partial charge >= 0.3 is 0 Å². The van der Waals surface area contributed by atoms with Crippen molar-refractivity contribution in [2.24, 2.45) is 0 Å². The molecule has 1 N–H and O–H groups in total. The largest absolute Gasteiger partial charge is 0.266 e. The van der Waals surface area contributed by atoms with Crippen molar-refractivity contribution in [3.8, 4) is 0 Å². The van der Waals surface area contributed by atoms with Gasteiger partial charge in [-0.05, 0) is 12.1 Å². The first kappa shape index (κ1) is 17.9. The normalized spacial score (nSPS) is 11.5. The Hall–Kier alpha value is -2.88. The summed E-state index contributed by atoms with van der Waals surface area (Å²) in [4.78, 5) is -0.00107. The summed E-state index contributed by atoms with van der Waals surface area (Å²) in [5.74, 6) is -6.25. The monoisotopic (exact) mass is 385 g/mol. The number of hydrogen-bond acceptors (Lipinski definition) is 3. The SMILES string of the molecule is O=S(=O)(Nc1ccn(Cc2c(F)c(F)cc(F)c2F)n1)c1ccccc1. The van der Waals surface area contributed by atoms with Crippen LogP contribution in [0.2, 0.25) is 0 Å². The fourth-order valence-electron chi connectivity index (χ4n) is 2.22. The van der Waals surface area contributed by atoms with Gasteiger partial charge in [0.2, 0.25) is 0 Å². The Morgan fingerprint density at radius 3 is 2.19 bits per heavy atom. The third kappa shape index (κ3) is 3.54. The predicted molar refractivity (Wildman–Crippen MR) is 84.9 cm³/mol. The number of hydrogen-bond donors (Lipinski definition) is 1. The van der Waals surface area contributed by atoms with E-state index in [-0.39, 0.29) is 16.8 Å². The molecule has 0 bridgehead atoms. The topological polar surface area (TPSA) is 64.0 Å². The molecule has 3 aromatic rings. The van der Waals surface area contributed by atoms with Gasteiger partial charge in [-0.15, -0.1) is 0 Å². The first-order valence-electron chi connectivity index (χ1n) is 7.21. The van der Waals surface area contributed by atoms with E-state index >= 15 is 0 Å². The average Bonchev–Trinajstić information content (AvgIpc) is 3.04. The second-order valence-electron chi connectivity index (χ2n) is 5.26. The third-order valence-corrected chi connectivity index (χ3v) is 4.83. The summed E-state index contributed by atoms with van der Waals surface area (Å²) in [5, 5.41) is 3.81. The maximum Gasteiger partial charge on any atom is 0.263 e. The standard InChI is InChI=1S/C16H11F4N3O2S/c17-12-8-13(18)16(20)11(15(12)19)9-23-7-6-14(21-23)22-26(24,25)10-4-2-1-3-5-10/h1-8H,9H2,(H,21,22). The maximum absolute atomic E-state index is 13.7. The summed E-state index contributed by atoms with van der Waals surface area (Å²) in [7, 11) is -3.90. The Morgan fingerprint density at radius 1 is 0.962 bits per heavy atom. The van der Waals surface area contributed by atoms with Crippen LogP contribution in [0.5, 0.6) is 0 Å². The second kappa shape index (κ2) is 6.79. The first-order chi connectivity index (χ1) is 12.3. The lowest BCUT2D eigenvalue weighted by molar-refractivity contribution is 0.431. The zero-order valence-electron chi connectivity index (χ0n) is 13.0. The van der Waals surface area contributed by atoms with E-state index in [1.54, 1.807) is 6.07 Å². The summed E-state index contributed by atoms with van der Waals surface area (Å²) in [6.45, 7) is -0.626. The summed E-state index contributed by atoms with van der Waals surface area (Å²) in [5.41, 5.74) is -0.858. The van der Waals surface area contributed by atoms with E-state index in [2.05, 4.69) is 9.82 Å². The molecule has 5 nitrogen and oxygen atoms in total. The van der Waals surface area contributed by atoms with Gasteiger partial charge in [0.05, 0.1) is 17.0 Å². The molecule has 26 heavy (non-hydrogen) atoms. The van der Waals surface area contributed by atoms with Crippen LogP contribution >= 0.6 is 0 Å². The number of halogens is 4. The minimum absolute atomic E-state index is 0.00107. The molecule has 1 heterocycles. The van der Waals surface area contributed by atoms with Crippen LogP contribution in [0.25, 0.3) is 0 Å². The van der Waals surface area contributed by atoms with E-state index < -0.39 is 45.4 Å². The zero-order chi connectivity index (χ0) is 18.9. The van der Waals surface area contributed by atoms with Crippen molar-refractivity contribution in [2.75, 3.05) is 4.72 Å². The van der Waals surface area contributed by atoms with Crippen LogP contribution in [0.4, 0.5) is 23.4 Å². The molecular formula is C16H11F4N3O2S. The fourth-order valence-corrected chi connectivity index (χ4v) is 3.24. The highest BCUT2D eigenvalue weighted by Gasteiger charge is 2.20. The van der Waals surface area contributed by atoms with E-state index in [4.69, 9.17) is 0 Å². The number of aromatic nitrogens is 2. The second-order valence-corrected chi connectivity index (χ2v) is 6.95. The third-order valence-electron chi connectivity index (χ3n) is 3.46. The summed E-state index contributed by atoms with van der Waals surface area (Å²) in [6, 6.07) is 8.82. The van der Waals surface area contributed by atoms with Crippen LogP contribution in [0.15, 0.2) is 53.6 Å². The molecule has 0 unspecified atom stereocenters. The highest BCUT2D eigenvalue weighted by molar-refractivity contribution is 7.92. The number of sulfonamides is 1. The molecule has 10 heteroatoms. The molecular weight excluding hydrogens is 374 g/mol. The van der Waals surface area contributed by atoms with Gasteiger partial charge in [0.1, 0.15) is 0 Å². The molecule has 0 aliphatic rings. The Labute approximate surface area is 145 Å². The maximum atomic E-state index is 13.7. The van der Waals surface area contributed by atoms with E-state index in [0.29, 0.717) is 0 Å². The van der Waals surface area contributed by atoms with E-state index in [0.717, 1.165) is 4.68 Å². The molecule has 0 saturated carbocycles. The van der Waals surface area contributed by atoms with Crippen LogP contribution in [-0.2, 0) is 16.6 Å². The number of benzene rings is 2. The highest BCUT2D eigenvalue weighted by atomic mass is 32.2. The van der Waals surface area contributed by atoms with Crippen molar-refractivity contribution in [1.82, 2.24) is 9.78 Å². The molecule has 0 saturated heterocycles. The van der Waals surface area contributed by atoms with Crippen LogP contribution in [0, 0.1) is 23.3 Å². The Balaban J connectivity index is 1.84. The van der Waals surface area contributed by atoms with Crippen molar-refractivity contribution in [3.05, 3.63) is 77.5 Å². The Kier molecular flexibility index (Phi) is 4.68. The molecule has 0 aliphatic carbocycles. The molecule has 0 amide bonds. The molecule has 0 atom stereocenters. The lowest BCUT2D eigenvalue weighted by Crippen LogP contribution is -2.14. The minimum atomic E-state index is -3.90. The number of rotatable bonds is 5. The van der Waals surface area contributed by atoms with E-state index in [1.807, 2.05) is 0 Å². The molecule has 0 radical (unpaired) electrons. The quantitative estimate of drug-likeness (QED) is 0.542. The number of anilines is 1. The molecule has 136 valence electrons. The van der Waals surface area contributed by atoms with Crippen LogP contribution in [0.3, 0.4) is 0 Å². The molecule has 2 aromatic carbocycles. The number of nitrogens with one attached hydrogen (secondary N) is 1. The van der Waals surface area contributed by atoms with Gasteiger partial charge in [0, 0.05) is 18.3 Å². The predicted octanol–water partition coefficient (Wildman–Crippen LogP) is 3.29. The van der Waals surface area contributed by atoms with Gasteiger partial charge in [-0.1, -0.05) is 18.2 Å². The van der Waals surface area contributed by atoms with Crippen LogP contribution < -0.4 is 4.72 Å². The highest BCUT2D eigenvalue weighted by Crippen LogP contribution is 2.21. The van der Waals surface area contributed by atoms with Gasteiger partial charge in [0.25, 0.3) is 10.0 Å². The van der Waals surface area contributed by atoms with Gasteiger partial charge in [-0.2, -0.15) is 5.10 Å². The Morgan fingerprint density at radius 2 is 1.58 bits per heavy atom. The summed E-state index contributed by atoms with van der Waals surface area (Å²) in [6.07, 6.45) is 1.21. The smallest absolute Gasteiger partial charge is 0.263 e. The zero-order valence-corrected chi connectivity index (χ0v) is 13.8. The number of nitrogens with zero attached hydrogens (tertiary/aromatic N) is 2. The van der Waals surface area contributed by atoms with Crippen molar-refractivity contribution < 1.29 is 26.0 Å². The molecule has 0 fully saturated rings. The van der Waals surface area contributed by atoms with Gasteiger partial charge in [-0.3, -0.25) is 9.40 Å². The summed E-state index contributed by atoms with van der Waals surface area (Å²) < 4.78 is 81.4. The molecule has 3 rings (SSSR count). The molecule has 0 spiro atoms. The van der Waals surface area contributed by atoms with Crippen molar-refractivity contribution in [1.29, 1.82) is 0 Å². The van der Waals surface area contributed by atoms with Crippen molar-refractivity contribution in [2.45, 2.75) is 11.4 Å². The first-order valence-corrected chi connectivity index (χ1v) is 8.69. The fraction of sp³-hybridized carbons (Fsp3) is 0.0625. The minimum Gasteiger partial charge on any atom is -0.266 e. The summed E-state index contributed by atoms with van der Waals surface area (Å²) >= 11 is 0. The van der Waals surface area contributed by atoms with Crippen molar-refractivity contribution in [3.63, 3.8) is 0 Å². The molecule has 0 aliphatic heterocycles. The van der Waals surface area contributed by atoms with Crippen LogP contribution in [0.1, 0.15) is 5.56 Å². The lowest BCUT2D eigenvalue weighted by atomic mass is 10.2. The Bertz CT molecular complexity index is 1030. The average molecular weight is 385 g/mol. The van der Waals surface area contributed by atoms with E-state index in [1.165, 1.54) is 36.5 Å².